The molecular weight excluding hydrogens is 302 g/mol. The Bertz CT molecular complexity index is 582. The van der Waals surface area contributed by atoms with Crippen LogP contribution in [-0.4, -0.2) is 18.7 Å². The Morgan fingerprint density at radius 3 is 2.42 bits per heavy atom. The van der Waals surface area contributed by atoms with Crippen LogP contribution in [0, 0.1) is 0 Å². The molecule has 0 bridgehead atoms. The number of carbonyl (C=O) groups is 1. The molecule has 2 aromatic rings. The number of benzene rings is 2. The zero-order valence-electron chi connectivity index (χ0n) is 13.9. The lowest BCUT2D eigenvalue weighted by molar-refractivity contribution is -0.137. The number of hydrogen-bond donors (Lipinski definition) is 1. The molecule has 0 saturated heterocycles. The molecule has 0 heterocycles. The number of hydrogen-bond acceptors (Lipinski definition) is 4. The first-order chi connectivity index (χ1) is 11.8. The maximum Gasteiger partial charge on any atom is 0.330 e. The highest BCUT2D eigenvalue weighted by molar-refractivity contribution is 5.81. The van der Waals surface area contributed by atoms with Gasteiger partial charge in [-0.15, -0.1) is 0 Å². The van der Waals surface area contributed by atoms with E-state index in [-0.39, 0.29) is 12.1 Å². The van der Waals surface area contributed by atoms with Gasteiger partial charge in [0.15, 0.2) is 0 Å². The fourth-order valence-corrected chi connectivity index (χ4v) is 2.17. The quantitative estimate of drug-likeness (QED) is 0.427. The molecule has 2 rings (SSSR count). The van der Waals surface area contributed by atoms with Crippen molar-refractivity contribution in [2.45, 2.75) is 25.9 Å². The molecule has 2 aromatic carbocycles. The van der Waals surface area contributed by atoms with Gasteiger partial charge in [0.25, 0.3) is 0 Å². The first kappa shape index (κ1) is 17.8. The molecule has 0 aromatic heterocycles. The third-order valence-corrected chi connectivity index (χ3v) is 3.40. The van der Waals surface area contributed by atoms with E-state index in [1.807, 2.05) is 48.5 Å². The second-order valence-electron chi connectivity index (χ2n) is 5.26. The summed E-state index contributed by atoms with van der Waals surface area (Å²) in [7, 11) is 0. The van der Waals surface area contributed by atoms with E-state index < -0.39 is 0 Å². The monoisotopic (exact) mass is 325 g/mol. The zero-order valence-corrected chi connectivity index (χ0v) is 13.9. The number of aryl methyl sites for hydroxylation is 1. The van der Waals surface area contributed by atoms with Crippen molar-refractivity contribution in [3.05, 3.63) is 78.4 Å². The Morgan fingerprint density at radius 1 is 1.08 bits per heavy atom. The lowest BCUT2D eigenvalue weighted by Gasteiger charge is -2.15. The third kappa shape index (κ3) is 6.67. The van der Waals surface area contributed by atoms with Crippen molar-refractivity contribution >= 4 is 11.7 Å². The molecule has 4 heteroatoms. The Kier molecular flexibility index (Phi) is 7.57. The van der Waals surface area contributed by atoms with E-state index in [0.29, 0.717) is 6.61 Å². The van der Waals surface area contributed by atoms with Gasteiger partial charge < -0.3 is 4.74 Å². The Hall–Kier alpha value is -2.59. The third-order valence-electron chi connectivity index (χ3n) is 3.40. The minimum absolute atomic E-state index is 0.241. The van der Waals surface area contributed by atoms with E-state index in [1.165, 1.54) is 11.6 Å². The van der Waals surface area contributed by atoms with Crippen molar-refractivity contribution in [2.75, 3.05) is 12.1 Å². The highest BCUT2D eigenvalue weighted by atomic mass is 16.7. The lowest BCUT2D eigenvalue weighted by Crippen LogP contribution is -2.16. The predicted molar refractivity (Wildman–Crippen MR) is 95.5 cm³/mol. The number of esters is 1. The molecule has 0 aliphatic carbocycles. The fourth-order valence-electron chi connectivity index (χ4n) is 2.17. The topological polar surface area (TPSA) is 47.6 Å². The van der Waals surface area contributed by atoms with E-state index in [2.05, 4.69) is 17.6 Å². The molecule has 0 spiro atoms. The lowest BCUT2D eigenvalue weighted by atomic mass is 10.1. The minimum Gasteiger partial charge on any atom is -0.463 e. The Labute approximate surface area is 143 Å². The molecule has 0 radical (unpaired) electrons. The van der Waals surface area contributed by atoms with Crippen LogP contribution in [0.2, 0.25) is 0 Å². The Balaban J connectivity index is 1.93. The first-order valence-electron chi connectivity index (χ1n) is 8.13. The van der Waals surface area contributed by atoms with Crippen molar-refractivity contribution in [3.63, 3.8) is 0 Å². The molecular formula is C20H23NO3. The standard InChI is InChI=1S/C20H23NO3/c1-2-23-20(22)16-15-19(14-13-17-9-5-3-6-10-17)24-21-18-11-7-4-8-12-18/h3-12,15-16,19,21H,2,13-14H2,1H3/b16-15+/t19-/m1/s1. The average molecular weight is 325 g/mol. The summed E-state index contributed by atoms with van der Waals surface area (Å²) in [6.07, 6.45) is 4.52. The van der Waals surface area contributed by atoms with E-state index in [4.69, 9.17) is 9.57 Å². The number of para-hydroxylation sites is 1. The molecule has 0 aliphatic heterocycles. The normalized spacial score (nSPS) is 12.0. The van der Waals surface area contributed by atoms with Crippen LogP contribution in [0.4, 0.5) is 5.69 Å². The molecule has 0 unspecified atom stereocenters. The smallest absolute Gasteiger partial charge is 0.330 e. The zero-order chi connectivity index (χ0) is 17.0. The van der Waals surface area contributed by atoms with Gasteiger partial charge in [0, 0.05) is 6.08 Å². The van der Waals surface area contributed by atoms with Gasteiger partial charge in [0.2, 0.25) is 0 Å². The summed E-state index contributed by atoms with van der Waals surface area (Å²) in [6, 6.07) is 19.8. The average Bonchev–Trinajstić information content (AvgIpc) is 2.63. The van der Waals surface area contributed by atoms with Gasteiger partial charge >= 0.3 is 5.97 Å². The summed E-state index contributed by atoms with van der Waals surface area (Å²) in [4.78, 5) is 17.2. The number of ether oxygens (including phenoxy) is 1. The molecule has 4 nitrogen and oxygen atoms in total. The van der Waals surface area contributed by atoms with E-state index in [9.17, 15) is 4.79 Å². The Morgan fingerprint density at radius 2 is 1.75 bits per heavy atom. The van der Waals surface area contributed by atoms with Crippen LogP contribution < -0.4 is 5.48 Å². The van der Waals surface area contributed by atoms with E-state index in [0.717, 1.165) is 18.5 Å². The van der Waals surface area contributed by atoms with Crippen LogP contribution in [0.5, 0.6) is 0 Å². The molecule has 126 valence electrons. The molecule has 0 aliphatic rings. The van der Waals surface area contributed by atoms with Gasteiger partial charge in [-0.25, -0.2) is 4.79 Å². The van der Waals surface area contributed by atoms with Gasteiger partial charge in [-0.1, -0.05) is 48.5 Å². The van der Waals surface area contributed by atoms with Gasteiger partial charge in [-0.2, -0.15) is 0 Å². The number of nitrogens with one attached hydrogen (secondary N) is 1. The molecule has 1 atom stereocenters. The predicted octanol–water partition coefficient (Wildman–Crippen LogP) is 4.15. The maximum atomic E-state index is 11.5. The highest BCUT2D eigenvalue weighted by Gasteiger charge is 2.08. The van der Waals surface area contributed by atoms with E-state index >= 15 is 0 Å². The molecule has 24 heavy (non-hydrogen) atoms. The molecule has 1 N–H and O–H groups in total. The summed E-state index contributed by atoms with van der Waals surface area (Å²) >= 11 is 0. The number of carbonyl (C=O) groups excluding carboxylic acids is 1. The fraction of sp³-hybridized carbons (Fsp3) is 0.250. The van der Waals surface area contributed by atoms with E-state index in [1.54, 1.807) is 13.0 Å². The second kappa shape index (κ2) is 10.2. The molecule has 0 saturated carbocycles. The highest BCUT2D eigenvalue weighted by Crippen LogP contribution is 2.12. The van der Waals surface area contributed by atoms with Crippen molar-refractivity contribution in [2.24, 2.45) is 0 Å². The summed E-state index contributed by atoms with van der Waals surface area (Å²) in [5.74, 6) is -0.356. The van der Waals surface area contributed by atoms with Crippen LogP contribution >= 0.6 is 0 Å². The van der Waals surface area contributed by atoms with Gasteiger partial charge in [0.1, 0.15) is 6.10 Å². The minimum atomic E-state index is -0.356. The van der Waals surface area contributed by atoms with Gasteiger partial charge in [-0.05, 0) is 43.5 Å². The van der Waals surface area contributed by atoms with Crippen LogP contribution in [-0.2, 0) is 20.8 Å². The molecule has 0 fully saturated rings. The van der Waals surface area contributed by atoms with Gasteiger partial charge in [0.05, 0.1) is 12.3 Å². The van der Waals surface area contributed by atoms with Crippen LogP contribution in [0.1, 0.15) is 18.9 Å². The van der Waals surface area contributed by atoms with Crippen molar-refractivity contribution < 1.29 is 14.4 Å². The van der Waals surface area contributed by atoms with Crippen molar-refractivity contribution in [1.29, 1.82) is 0 Å². The molecule has 0 amide bonds. The summed E-state index contributed by atoms with van der Waals surface area (Å²) < 4.78 is 4.92. The van der Waals surface area contributed by atoms with Gasteiger partial charge in [-0.3, -0.25) is 10.3 Å². The van der Waals surface area contributed by atoms with Crippen LogP contribution in [0.3, 0.4) is 0 Å². The summed E-state index contributed by atoms with van der Waals surface area (Å²) in [5, 5.41) is 0. The SMILES string of the molecule is CCOC(=O)/C=C/[C@@H](CCc1ccccc1)ONc1ccccc1. The summed E-state index contributed by atoms with van der Waals surface area (Å²) in [6.45, 7) is 2.15. The number of rotatable bonds is 9. The second-order valence-corrected chi connectivity index (χ2v) is 5.26. The maximum absolute atomic E-state index is 11.5. The summed E-state index contributed by atoms with van der Waals surface area (Å²) in [5.41, 5.74) is 5.03. The van der Waals surface area contributed by atoms with Crippen LogP contribution in [0.25, 0.3) is 0 Å². The first-order valence-corrected chi connectivity index (χ1v) is 8.13. The van der Waals surface area contributed by atoms with Crippen molar-refractivity contribution in [3.8, 4) is 0 Å². The van der Waals surface area contributed by atoms with Crippen LogP contribution in [0.15, 0.2) is 72.8 Å². The number of anilines is 1. The van der Waals surface area contributed by atoms with Crippen molar-refractivity contribution in [1.82, 2.24) is 0 Å². The largest absolute Gasteiger partial charge is 0.463 e.